The van der Waals surface area contributed by atoms with Gasteiger partial charge in [-0.15, -0.1) is 0 Å². The molecule has 0 aromatic heterocycles. The van der Waals surface area contributed by atoms with Crippen LogP contribution in [0.4, 0.5) is 5.69 Å². The van der Waals surface area contributed by atoms with E-state index < -0.39 is 21.5 Å². The average molecular weight is 296 g/mol. The number of rotatable bonds is 4. The minimum atomic E-state index is -3.62. The zero-order valence-electron chi connectivity index (χ0n) is 11.3. The first-order valence-corrected chi connectivity index (χ1v) is 8.50. The fraction of sp³-hybridized carbons (Fsp3) is 0.500. The van der Waals surface area contributed by atoms with Crippen molar-refractivity contribution < 1.29 is 13.2 Å². The number of carbonyl (C=O) groups excluding carboxylic acids is 1. The molecule has 2 rings (SSSR count). The highest BCUT2D eigenvalue weighted by atomic mass is 32.2. The smallest absolute Gasteiger partial charge is 0.235 e. The Morgan fingerprint density at radius 1 is 1.25 bits per heavy atom. The van der Waals surface area contributed by atoms with Gasteiger partial charge in [0.15, 0.2) is 9.84 Å². The molecule has 1 aromatic carbocycles. The lowest BCUT2D eigenvalue weighted by molar-refractivity contribution is -0.119. The van der Waals surface area contributed by atoms with Crippen LogP contribution in [-0.2, 0) is 14.6 Å². The van der Waals surface area contributed by atoms with Gasteiger partial charge in [-0.25, -0.2) is 8.42 Å². The van der Waals surface area contributed by atoms with Crippen LogP contribution >= 0.6 is 0 Å². The zero-order valence-corrected chi connectivity index (χ0v) is 12.2. The SMILES string of the molecule is Nc1cccc(S(=O)(=O)CC(=O)NC2CCCCC2)c1. The van der Waals surface area contributed by atoms with E-state index in [0.29, 0.717) is 5.69 Å². The Kier molecular flexibility index (Phi) is 4.65. The number of hydrogen-bond acceptors (Lipinski definition) is 4. The maximum absolute atomic E-state index is 12.1. The van der Waals surface area contributed by atoms with E-state index >= 15 is 0 Å². The number of nitrogen functional groups attached to an aromatic ring is 1. The Bertz CT molecular complexity index is 578. The molecule has 0 heterocycles. The summed E-state index contributed by atoms with van der Waals surface area (Å²) in [4.78, 5) is 12.0. The summed E-state index contributed by atoms with van der Waals surface area (Å²) in [6.45, 7) is 0. The minimum Gasteiger partial charge on any atom is -0.399 e. The summed E-state index contributed by atoms with van der Waals surface area (Å²) in [5, 5.41) is 2.81. The highest BCUT2D eigenvalue weighted by molar-refractivity contribution is 7.92. The van der Waals surface area contributed by atoms with Crippen molar-refractivity contribution in [3.05, 3.63) is 24.3 Å². The third-order valence-corrected chi connectivity index (χ3v) is 5.12. The molecule has 20 heavy (non-hydrogen) atoms. The number of amides is 1. The zero-order chi connectivity index (χ0) is 14.6. The summed E-state index contributed by atoms with van der Waals surface area (Å²) in [7, 11) is -3.62. The number of nitrogens with two attached hydrogens (primary N) is 1. The van der Waals surface area contributed by atoms with E-state index in [1.807, 2.05) is 0 Å². The third kappa shape index (κ3) is 3.96. The van der Waals surface area contributed by atoms with Gasteiger partial charge in [0.25, 0.3) is 0 Å². The molecule has 3 N–H and O–H groups in total. The Morgan fingerprint density at radius 2 is 1.95 bits per heavy atom. The predicted octanol–water partition coefficient (Wildman–Crippen LogP) is 1.49. The standard InChI is InChI=1S/C14H20N2O3S/c15-11-5-4-8-13(9-11)20(18,19)10-14(17)16-12-6-2-1-3-7-12/h4-5,8-9,12H,1-3,6-7,10,15H2,(H,16,17). The Morgan fingerprint density at radius 3 is 2.60 bits per heavy atom. The Balaban J connectivity index is 1.99. The third-order valence-electron chi connectivity index (χ3n) is 3.51. The van der Waals surface area contributed by atoms with Gasteiger partial charge in [0.1, 0.15) is 5.75 Å². The molecule has 1 aromatic rings. The van der Waals surface area contributed by atoms with Crippen LogP contribution in [0.15, 0.2) is 29.2 Å². The van der Waals surface area contributed by atoms with Crippen molar-refractivity contribution in [2.45, 2.75) is 43.0 Å². The molecule has 0 bridgehead atoms. The monoisotopic (exact) mass is 296 g/mol. The van der Waals surface area contributed by atoms with Crippen LogP contribution in [-0.4, -0.2) is 26.1 Å². The van der Waals surface area contributed by atoms with Crippen LogP contribution in [0.3, 0.4) is 0 Å². The number of sulfone groups is 1. The fourth-order valence-corrected chi connectivity index (χ4v) is 3.68. The van der Waals surface area contributed by atoms with E-state index in [1.165, 1.54) is 18.6 Å². The second-order valence-corrected chi connectivity index (χ2v) is 7.22. The van der Waals surface area contributed by atoms with E-state index in [4.69, 9.17) is 5.73 Å². The van der Waals surface area contributed by atoms with Crippen molar-refractivity contribution in [2.75, 3.05) is 11.5 Å². The predicted molar refractivity (Wildman–Crippen MR) is 77.9 cm³/mol. The van der Waals surface area contributed by atoms with E-state index in [2.05, 4.69) is 5.32 Å². The molecular weight excluding hydrogens is 276 g/mol. The molecule has 1 amide bonds. The highest BCUT2D eigenvalue weighted by Gasteiger charge is 2.22. The molecule has 1 fully saturated rings. The van der Waals surface area contributed by atoms with Crippen LogP contribution in [0.25, 0.3) is 0 Å². The fourth-order valence-electron chi connectivity index (χ4n) is 2.48. The Labute approximate surface area is 119 Å². The summed E-state index contributed by atoms with van der Waals surface area (Å²) in [6.07, 6.45) is 5.24. The second-order valence-electron chi connectivity index (χ2n) is 5.23. The van der Waals surface area contributed by atoms with E-state index in [0.717, 1.165) is 25.7 Å². The van der Waals surface area contributed by atoms with Crippen LogP contribution in [0.5, 0.6) is 0 Å². The number of nitrogens with one attached hydrogen (secondary N) is 1. The van der Waals surface area contributed by atoms with Gasteiger partial charge in [-0.05, 0) is 31.0 Å². The van der Waals surface area contributed by atoms with Gasteiger partial charge in [-0.1, -0.05) is 25.3 Å². The second kappa shape index (κ2) is 6.26. The molecule has 5 nitrogen and oxygen atoms in total. The average Bonchev–Trinajstić information content (AvgIpc) is 2.39. The molecule has 1 aliphatic rings. The molecule has 1 aliphatic carbocycles. The van der Waals surface area contributed by atoms with Crippen LogP contribution < -0.4 is 11.1 Å². The summed E-state index contributed by atoms with van der Waals surface area (Å²) in [5.74, 6) is -0.952. The van der Waals surface area contributed by atoms with Crippen molar-refractivity contribution in [1.82, 2.24) is 5.32 Å². The first kappa shape index (κ1) is 14.8. The van der Waals surface area contributed by atoms with E-state index in [-0.39, 0.29) is 10.9 Å². The molecule has 1 saturated carbocycles. The lowest BCUT2D eigenvalue weighted by Gasteiger charge is -2.22. The molecule has 0 aliphatic heterocycles. The van der Waals surface area contributed by atoms with Gasteiger partial charge < -0.3 is 11.1 Å². The summed E-state index contributed by atoms with van der Waals surface area (Å²) in [6, 6.07) is 6.14. The van der Waals surface area contributed by atoms with Crippen molar-refractivity contribution >= 4 is 21.4 Å². The number of carbonyl (C=O) groups is 1. The van der Waals surface area contributed by atoms with Crippen LogP contribution in [0, 0.1) is 0 Å². The van der Waals surface area contributed by atoms with Gasteiger partial charge in [0, 0.05) is 11.7 Å². The summed E-state index contributed by atoms with van der Waals surface area (Å²) >= 11 is 0. The minimum absolute atomic E-state index is 0.0938. The molecule has 0 radical (unpaired) electrons. The Hall–Kier alpha value is -1.56. The van der Waals surface area contributed by atoms with Gasteiger partial charge in [0.05, 0.1) is 4.90 Å². The largest absolute Gasteiger partial charge is 0.399 e. The number of hydrogen-bond donors (Lipinski definition) is 2. The summed E-state index contributed by atoms with van der Waals surface area (Å²) < 4.78 is 24.2. The van der Waals surface area contributed by atoms with Gasteiger partial charge in [-0.3, -0.25) is 4.79 Å². The van der Waals surface area contributed by atoms with E-state index in [9.17, 15) is 13.2 Å². The van der Waals surface area contributed by atoms with Gasteiger partial charge in [-0.2, -0.15) is 0 Å². The van der Waals surface area contributed by atoms with Crippen molar-refractivity contribution in [3.63, 3.8) is 0 Å². The van der Waals surface area contributed by atoms with E-state index in [1.54, 1.807) is 12.1 Å². The van der Waals surface area contributed by atoms with Crippen LogP contribution in [0.2, 0.25) is 0 Å². The van der Waals surface area contributed by atoms with Crippen molar-refractivity contribution in [2.24, 2.45) is 0 Å². The normalized spacial score (nSPS) is 16.8. The highest BCUT2D eigenvalue weighted by Crippen LogP contribution is 2.18. The first-order chi connectivity index (χ1) is 9.47. The molecule has 6 heteroatoms. The lowest BCUT2D eigenvalue weighted by Crippen LogP contribution is -2.39. The van der Waals surface area contributed by atoms with Crippen LogP contribution in [0.1, 0.15) is 32.1 Å². The molecular formula is C14H20N2O3S. The maximum Gasteiger partial charge on any atom is 0.235 e. The van der Waals surface area contributed by atoms with Crippen molar-refractivity contribution in [1.29, 1.82) is 0 Å². The lowest BCUT2D eigenvalue weighted by atomic mass is 9.95. The van der Waals surface area contributed by atoms with Gasteiger partial charge >= 0.3 is 0 Å². The molecule has 0 atom stereocenters. The molecule has 0 saturated heterocycles. The quantitative estimate of drug-likeness (QED) is 0.824. The van der Waals surface area contributed by atoms with Gasteiger partial charge in [0.2, 0.25) is 5.91 Å². The molecule has 0 unspecified atom stereocenters. The summed E-state index contributed by atoms with van der Waals surface area (Å²) in [5.41, 5.74) is 5.94. The van der Waals surface area contributed by atoms with Crippen molar-refractivity contribution in [3.8, 4) is 0 Å². The first-order valence-electron chi connectivity index (χ1n) is 6.85. The topological polar surface area (TPSA) is 89.3 Å². The maximum atomic E-state index is 12.1. The number of anilines is 1. The molecule has 110 valence electrons. The number of benzene rings is 1. The molecule has 0 spiro atoms.